The van der Waals surface area contributed by atoms with E-state index in [-0.39, 0.29) is 0 Å². The van der Waals surface area contributed by atoms with Gasteiger partial charge in [-0.3, -0.25) is 4.79 Å². The minimum atomic E-state index is -0.638. The van der Waals surface area contributed by atoms with Crippen molar-refractivity contribution in [1.82, 2.24) is 4.90 Å². The second-order valence-corrected chi connectivity index (χ2v) is 3.22. The van der Waals surface area contributed by atoms with Gasteiger partial charge in [-0.15, -0.1) is 0 Å². The number of amides is 1. The Morgan fingerprint density at radius 3 is 2.57 bits per heavy atom. The highest BCUT2D eigenvalue weighted by atomic mass is 19.1. The molecule has 0 bridgehead atoms. The highest BCUT2D eigenvalue weighted by Gasteiger charge is 2.23. The first-order chi connectivity index (χ1) is 6.77. The Balaban J connectivity index is 2.04. The van der Waals surface area contributed by atoms with E-state index in [1.165, 1.54) is 11.0 Å². The lowest BCUT2D eigenvalue weighted by Gasteiger charge is -2.14. The maximum atomic E-state index is 12.7. The molecule has 0 N–H and O–H groups in total. The monoisotopic (exact) mass is 191 g/mol. The third kappa shape index (κ3) is 1.66. The average molecular weight is 191 g/mol. The molecule has 1 aliphatic heterocycles. The third-order valence-electron chi connectivity index (χ3n) is 2.20. The van der Waals surface area contributed by atoms with Crippen LogP contribution in [0.4, 0.5) is 4.39 Å². The first-order valence-electron chi connectivity index (χ1n) is 4.46. The Bertz CT molecular complexity index is 372. The maximum Gasteiger partial charge on any atom is 0.282 e. The van der Waals surface area contributed by atoms with Crippen molar-refractivity contribution in [3.05, 3.63) is 47.8 Å². The molecular formula is C11H10FNO. The highest BCUT2D eigenvalue weighted by molar-refractivity contribution is 5.93. The van der Waals surface area contributed by atoms with Gasteiger partial charge in [-0.2, -0.15) is 0 Å². The first-order valence-corrected chi connectivity index (χ1v) is 4.46. The fraction of sp³-hybridized carbons (Fsp3) is 0.182. The lowest BCUT2D eigenvalue weighted by Crippen LogP contribution is -2.25. The second kappa shape index (κ2) is 3.62. The van der Waals surface area contributed by atoms with E-state index in [1.807, 2.05) is 30.3 Å². The van der Waals surface area contributed by atoms with Gasteiger partial charge in [0, 0.05) is 13.1 Å². The van der Waals surface area contributed by atoms with Crippen LogP contribution in [-0.4, -0.2) is 17.4 Å². The normalized spacial score (nSPS) is 15.9. The number of hydrogen-bond acceptors (Lipinski definition) is 1. The third-order valence-corrected chi connectivity index (χ3v) is 2.20. The number of halogens is 1. The van der Waals surface area contributed by atoms with E-state index in [2.05, 4.69) is 0 Å². The number of hydrogen-bond donors (Lipinski definition) is 0. The molecule has 0 radical (unpaired) electrons. The summed E-state index contributed by atoms with van der Waals surface area (Å²) in [5, 5.41) is 0. The van der Waals surface area contributed by atoms with E-state index in [4.69, 9.17) is 0 Å². The van der Waals surface area contributed by atoms with Crippen molar-refractivity contribution < 1.29 is 9.18 Å². The second-order valence-electron chi connectivity index (χ2n) is 3.22. The summed E-state index contributed by atoms with van der Waals surface area (Å²) < 4.78 is 12.7. The number of carbonyl (C=O) groups excluding carboxylic acids is 1. The molecule has 1 heterocycles. The van der Waals surface area contributed by atoms with Gasteiger partial charge in [0.2, 0.25) is 0 Å². The summed E-state index contributed by atoms with van der Waals surface area (Å²) in [4.78, 5) is 12.7. The van der Waals surface area contributed by atoms with Gasteiger partial charge in [0.1, 0.15) is 0 Å². The standard InChI is InChI=1S/C11H10FNO/c12-10-6-7-13(11(10)14)8-9-4-2-1-3-5-9/h1-6H,7-8H2. The molecule has 0 aliphatic carbocycles. The van der Waals surface area contributed by atoms with E-state index in [1.54, 1.807) is 0 Å². The number of benzene rings is 1. The van der Waals surface area contributed by atoms with Crippen LogP contribution in [0.5, 0.6) is 0 Å². The SMILES string of the molecule is O=C1C(F)=CCN1Cc1ccccc1. The molecule has 0 fully saturated rings. The molecule has 1 aromatic rings. The molecule has 1 aliphatic rings. The van der Waals surface area contributed by atoms with E-state index in [0.717, 1.165) is 5.56 Å². The molecule has 0 unspecified atom stereocenters. The van der Waals surface area contributed by atoms with Gasteiger partial charge in [-0.1, -0.05) is 30.3 Å². The predicted molar refractivity (Wildman–Crippen MR) is 51.1 cm³/mol. The van der Waals surface area contributed by atoms with Gasteiger partial charge in [0.05, 0.1) is 0 Å². The summed E-state index contributed by atoms with van der Waals surface area (Å²) in [6, 6.07) is 9.56. The van der Waals surface area contributed by atoms with Gasteiger partial charge >= 0.3 is 0 Å². The van der Waals surface area contributed by atoms with Crippen LogP contribution < -0.4 is 0 Å². The molecule has 0 aromatic heterocycles. The van der Waals surface area contributed by atoms with Crippen molar-refractivity contribution >= 4 is 5.91 Å². The zero-order valence-electron chi connectivity index (χ0n) is 7.61. The van der Waals surface area contributed by atoms with Crippen LogP contribution in [0.2, 0.25) is 0 Å². The van der Waals surface area contributed by atoms with E-state index in [9.17, 15) is 9.18 Å². The summed E-state index contributed by atoms with van der Waals surface area (Å²) in [6.07, 6.45) is 1.31. The van der Waals surface area contributed by atoms with Crippen LogP contribution >= 0.6 is 0 Å². The van der Waals surface area contributed by atoms with Crippen LogP contribution in [0.25, 0.3) is 0 Å². The molecule has 2 nitrogen and oxygen atoms in total. The molecule has 3 heteroatoms. The van der Waals surface area contributed by atoms with Crippen molar-refractivity contribution in [2.75, 3.05) is 6.54 Å². The fourth-order valence-electron chi connectivity index (χ4n) is 1.45. The molecule has 1 aromatic carbocycles. The molecule has 72 valence electrons. The Kier molecular flexibility index (Phi) is 2.31. The molecule has 2 rings (SSSR count). The lowest BCUT2D eigenvalue weighted by atomic mass is 10.2. The number of rotatable bonds is 2. The molecule has 1 amide bonds. The largest absolute Gasteiger partial charge is 0.328 e. The summed E-state index contributed by atoms with van der Waals surface area (Å²) in [5.74, 6) is -1.14. The quantitative estimate of drug-likeness (QED) is 0.699. The van der Waals surface area contributed by atoms with Crippen LogP contribution in [0.15, 0.2) is 42.2 Å². The number of nitrogens with zero attached hydrogens (tertiary/aromatic N) is 1. The van der Waals surface area contributed by atoms with Crippen molar-refractivity contribution in [1.29, 1.82) is 0 Å². The Morgan fingerprint density at radius 1 is 1.29 bits per heavy atom. The lowest BCUT2D eigenvalue weighted by molar-refractivity contribution is -0.127. The molecule has 0 saturated heterocycles. The fourth-order valence-corrected chi connectivity index (χ4v) is 1.45. The Labute approximate surface area is 81.6 Å². The van der Waals surface area contributed by atoms with Crippen molar-refractivity contribution in [2.45, 2.75) is 6.54 Å². The minimum absolute atomic E-state index is 0.375. The predicted octanol–water partition coefficient (Wildman–Crippen LogP) is 1.88. The van der Waals surface area contributed by atoms with Gasteiger partial charge < -0.3 is 4.90 Å². The molecular weight excluding hydrogens is 181 g/mol. The summed E-state index contributed by atoms with van der Waals surface area (Å²) in [5.41, 5.74) is 1.02. The van der Waals surface area contributed by atoms with E-state index < -0.39 is 11.7 Å². The summed E-state index contributed by atoms with van der Waals surface area (Å²) in [7, 11) is 0. The average Bonchev–Trinajstić information content (AvgIpc) is 2.52. The van der Waals surface area contributed by atoms with Gasteiger partial charge in [0.25, 0.3) is 5.91 Å². The molecule has 0 spiro atoms. The Hall–Kier alpha value is -1.64. The smallest absolute Gasteiger partial charge is 0.282 e. The Morgan fingerprint density at radius 2 is 2.00 bits per heavy atom. The van der Waals surface area contributed by atoms with Crippen molar-refractivity contribution in [2.24, 2.45) is 0 Å². The zero-order chi connectivity index (χ0) is 9.97. The van der Waals surface area contributed by atoms with E-state index >= 15 is 0 Å². The molecule has 0 atom stereocenters. The zero-order valence-corrected chi connectivity index (χ0v) is 7.61. The van der Waals surface area contributed by atoms with Gasteiger partial charge in [-0.05, 0) is 11.6 Å². The minimum Gasteiger partial charge on any atom is -0.328 e. The van der Waals surface area contributed by atoms with E-state index in [0.29, 0.717) is 13.1 Å². The molecule has 0 saturated carbocycles. The van der Waals surface area contributed by atoms with Gasteiger partial charge in [0.15, 0.2) is 5.83 Å². The topological polar surface area (TPSA) is 20.3 Å². The molecule has 14 heavy (non-hydrogen) atoms. The summed E-state index contributed by atoms with van der Waals surface area (Å²) in [6.45, 7) is 0.850. The maximum absolute atomic E-state index is 12.7. The summed E-state index contributed by atoms with van der Waals surface area (Å²) >= 11 is 0. The van der Waals surface area contributed by atoms with Gasteiger partial charge in [-0.25, -0.2) is 4.39 Å². The van der Waals surface area contributed by atoms with Crippen molar-refractivity contribution in [3.63, 3.8) is 0 Å². The van der Waals surface area contributed by atoms with Crippen molar-refractivity contribution in [3.8, 4) is 0 Å². The van der Waals surface area contributed by atoms with Crippen LogP contribution in [0.3, 0.4) is 0 Å². The number of carbonyl (C=O) groups is 1. The van der Waals surface area contributed by atoms with Crippen LogP contribution in [0, 0.1) is 0 Å². The highest BCUT2D eigenvalue weighted by Crippen LogP contribution is 2.15. The first kappa shape index (κ1) is 8.94. The van der Waals surface area contributed by atoms with Crippen LogP contribution in [-0.2, 0) is 11.3 Å². The van der Waals surface area contributed by atoms with Crippen LogP contribution in [0.1, 0.15) is 5.56 Å².